The van der Waals surface area contributed by atoms with Crippen molar-refractivity contribution in [3.63, 3.8) is 0 Å². The minimum absolute atomic E-state index is 0.0297. The van der Waals surface area contributed by atoms with Gasteiger partial charge in [-0.2, -0.15) is 4.31 Å². The number of aromatic amines is 2. The van der Waals surface area contributed by atoms with Crippen molar-refractivity contribution in [3.8, 4) is 17.1 Å². The van der Waals surface area contributed by atoms with E-state index in [2.05, 4.69) is 19.9 Å². The van der Waals surface area contributed by atoms with Crippen molar-refractivity contribution < 1.29 is 23.1 Å². The summed E-state index contributed by atoms with van der Waals surface area (Å²) in [5, 5.41) is 9.75. The number of fused-ring (bicyclic) bond motifs is 2. The molecule has 0 amide bonds. The van der Waals surface area contributed by atoms with E-state index in [4.69, 9.17) is 4.74 Å². The Balaban J connectivity index is 1.62. The fourth-order valence-corrected chi connectivity index (χ4v) is 5.95. The first kappa shape index (κ1) is 23.9. The van der Waals surface area contributed by atoms with Gasteiger partial charge in [-0.05, 0) is 49.6 Å². The van der Waals surface area contributed by atoms with E-state index in [9.17, 15) is 23.1 Å². The number of nitrogens with one attached hydrogen (secondary N) is 2. The fourth-order valence-electron chi connectivity index (χ4n) is 4.40. The van der Waals surface area contributed by atoms with Crippen molar-refractivity contribution in [2.24, 2.45) is 5.92 Å². The van der Waals surface area contributed by atoms with E-state index in [0.717, 1.165) is 6.42 Å². The van der Waals surface area contributed by atoms with Gasteiger partial charge in [-0.15, -0.1) is 0 Å². The molecule has 2 aromatic heterocycles. The average Bonchev–Trinajstić information content (AvgIpc) is 3.33. The Morgan fingerprint density at radius 1 is 1.25 bits per heavy atom. The zero-order valence-electron chi connectivity index (χ0n) is 19.5. The highest BCUT2D eigenvalue weighted by Gasteiger charge is 2.33. The zero-order valence-corrected chi connectivity index (χ0v) is 20.3. The number of hydrogen-bond donors (Lipinski definition) is 3. The van der Waals surface area contributed by atoms with Gasteiger partial charge in [-0.1, -0.05) is 6.92 Å². The number of carbonyl (C=O) groups is 1. The lowest BCUT2D eigenvalue weighted by Crippen LogP contribution is -2.42. The van der Waals surface area contributed by atoms with Crippen LogP contribution >= 0.6 is 0 Å². The van der Waals surface area contributed by atoms with E-state index in [1.165, 1.54) is 28.8 Å². The molecule has 0 bridgehead atoms. The highest BCUT2D eigenvalue weighted by atomic mass is 32.2. The van der Waals surface area contributed by atoms with Crippen LogP contribution in [0.5, 0.6) is 5.75 Å². The molecule has 188 valence electrons. The fraction of sp³-hybridized carbons (Fsp3) is 0.333. The number of hydrogen-bond acceptors (Lipinski definition) is 7. The van der Waals surface area contributed by atoms with Crippen LogP contribution in [0.2, 0.25) is 0 Å². The molecule has 1 saturated heterocycles. The average molecular weight is 512 g/mol. The van der Waals surface area contributed by atoms with Crippen LogP contribution in [0.15, 0.2) is 46.3 Å². The third-order valence-corrected chi connectivity index (χ3v) is 8.15. The highest BCUT2D eigenvalue weighted by molar-refractivity contribution is 7.89. The molecule has 1 unspecified atom stereocenters. The van der Waals surface area contributed by atoms with Gasteiger partial charge < -0.3 is 19.8 Å². The van der Waals surface area contributed by atoms with Crippen molar-refractivity contribution in [2.75, 3.05) is 19.7 Å². The van der Waals surface area contributed by atoms with E-state index < -0.39 is 21.9 Å². The molecule has 1 atom stereocenters. The SMILES string of the molecule is CCCOc1ccc(S(=O)(=O)N2CCCC(C(=O)O)C2)cc1-c1nc2cc3nc[nH]c3cc2c(=O)[nH]1. The lowest BCUT2D eigenvalue weighted by atomic mass is 10.0. The number of carboxylic acids is 1. The molecule has 5 rings (SSSR count). The zero-order chi connectivity index (χ0) is 25.4. The van der Waals surface area contributed by atoms with Gasteiger partial charge in [0.2, 0.25) is 10.0 Å². The maximum atomic E-state index is 13.4. The Labute approximate surface area is 206 Å². The van der Waals surface area contributed by atoms with Crippen LogP contribution in [-0.2, 0) is 14.8 Å². The third-order valence-electron chi connectivity index (χ3n) is 6.29. The van der Waals surface area contributed by atoms with Crippen LogP contribution in [0, 0.1) is 5.92 Å². The Morgan fingerprint density at radius 2 is 2.08 bits per heavy atom. The van der Waals surface area contributed by atoms with Crippen molar-refractivity contribution in [1.29, 1.82) is 0 Å². The summed E-state index contributed by atoms with van der Waals surface area (Å²) in [6, 6.07) is 7.74. The minimum Gasteiger partial charge on any atom is -0.493 e. The molecular formula is C24H25N5O6S. The number of aliphatic carboxylic acids is 1. The number of benzene rings is 2. The Kier molecular flexibility index (Phi) is 6.22. The summed E-state index contributed by atoms with van der Waals surface area (Å²) in [5.74, 6) is -1.23. The molecule has 3 heterocycles. The van der Waals surface area contributed by atoms with Crippen LogP contribution in [0.25, 0.3) is 33.3 Å². The molecule has 36 heavy (non-hydrogen) atoms. The summed E-state index contributed by atoms with van der Waals surface area (Å²) in [6.45, 7) is 2.47. The first-order valence-electron chi connectivity index (χ1n) is 11.6. The minimum atomic E-state index is -3.99. The lowest BCUT2D eigenvalue weighted by Gasteiger charge is -2.30. The van der Waals surface area contributed by atoms with Gasteiger partial charge in [0.05, 0.1) is 51.2 Å². The predicted molar refractivity (Wildman–Crippen MR) is 132 cm³/mol. The molecule has 0 saturated carbocycles. The second-order valence-electron chi connectivity index (χ2n) is 8.75. The van der Waals surface area contributed by atoms with E-state index in [0.29, 0.717) is 52.7 Å². The standard InChI is InChI=1S/C24H25N5O6S/c1-2-8-35-21-6-5-15(36(33,34)29-7-3-4-14(12-29)24(31)32)9-17(21)22-27-18-11-20-19(25-13-26-20)10-16(18)23(30)28-22/h5-6,9-11,13-14H,2-4,7-8,12H2,1H3,(H,25,26)(H,31,32)(H,27,28,30). The van der Waals surface area contributed by atoms with Gasteiger partial charge in [0.25, 0.3) is 5.56 Å². The van der Waals surface area contributed by atoms with Crippen LogP contribution < -0.4 is 10.3 Å². The summed E-state index contributed by atoms with van der Waals surface area (Å²) < 4.78 is 33.9. The largest absolute Gasteiger partial charge is 0.493 e. The molecule has 1 fully saturated rings. The number of rotatable bonds is 7. The molecule has 0 aliphatic carbocycles. The van der Waals surface area contributed by atoms with Crippen molar-refractivity contribution in [2.45, 2.75) is 31.1 Å². The molecule has 12 heteroatoms. The third kappa shape index (κ3) is 4.33. The number of aromatic nitrogens is 4. The van der Waals surface area contributed by atoms with E-state index >= 15 is 0 Å². The van der Waals surface area contributed by atoms with E-state index in [1.54, 1.807) is 12.1 Å². The molecule has 0 spiro atoms. The molecule has 11 nitrogen and oxygen atoms in total. The molecule has 2 aromatic carbocycles. The molecule has 4 aromatic rings. The number of ether oxygens (including phenoxy) is 1. The molecule has 1 aliphatic heterocycles. The smallest absolute Gasteiger partial charge is 0.307 e. The number of nitrogens with zero attached hydrogens (tertiary/aromatic N) is 3. The quantitative estimate of drug-likeness (QED) is 0.342. The van der Waals surface area contributed by atoms with Gasteiger partial charge >= 0.3 is 5.97 Å². The van der Waals surface area contributed by atoms with Crippen molar-refractivity contribution in [1.82, 2.24) is 24.2 Å². The van der Waals surface area contributed by atoms with Crippen LogP contribution in [0.1, 0.15) is 26.2 Å². The van der Waals surface area contributed by atoms with Crippen molar-refractivity contribution >= 4 is 37.9 Å². The summed E-state index contributed by atoms with van der Waals surface area (Å²) in [6.07, 6.45) is 3.14. The first-order chi connectivity index (χ1) is 17.3. The predicted octanol–water partition coefficient (Wildman–Crippen LogP) is 2.74. The van der Waals surface area contributed by atoms with E-state index in [1.807, 2.05) is 6.92 Å². The van der Waals surface area contributed by atoms with E-state index in [-0.39, 0.29) is 29.4 Å². The lowest BCUT2D eigenvalue weighted by molar-refractivity contribution is -0.142. The second kappa shape index (κ2) is 9.36. The van der Waals surface area contributed by atoms with Gasteiger partial charge in [0.1, 0.15) is 11.6 Å². The number of imidazole rings is 1. The summed E-state index contributed by atoms with van der Waals surface area (Å²) >= 11 is 0. The topological polar surface area (TPSA) is 158 Å². The van der Waals surface area contributed by atoms with Crippen LogP contribution in [0.4, 0.5) is 0 Å². The van der Waals surface area contributed by atoms with Gasteiger partial charge in [-0.25, -0.2) is 18.4 Å². The van der Waals surface area contributed by atoms with Gasteiger partial charge in [-0.3, -0.25) is 9.59 Å². The second-order valence-corrected chi connectivity index (χ2v) is 10.7. The maximum absolute atomic E-state index is 13.4. The molecular weight excluding hydrogens is 486 g/mol. The van der Waals surface area contributed by atoms with Gasteiger partial charge in [0.15, 0.2) is 0 Å². The number of H-pyrrole nitrogens is 2. The Bertz CT molecular complexity index is 1630. The molecule has 1 aliphatic rings. The summed E-state index contributed by atoms with van der Waals surface area (Å²) in [7, 11) is -3.99. The van der Waals surface area contributed by atoms with Crippen LogP contribution in [-0.4, -0.2) is 63.4 Å². The first-order valence-corrected chi connectivity index (χ1v) is 13.1. The van der Waals surface area contributed by atoms with Crippen LogP contribution in [0.3, 0.4) is 0 Å². The number of piperidine rings is 1. The number of sulfonamides is 1. The maximum Gasteiger partial charge on any atom is 0.307 e. The van der Waals surface area contributed by atoms with Crippen molar-refractivity contribution in [3.05, 3.63) is 47.0 Å². The Morgan fingerprint density at radius 3 is 2.86 bits per heavy atom. The summed E-state index contributed by atoms with van der Waals surface area (Å²) in [4.78, 5) is 38.9. The number of carboxylic acid groups (broad SMARTS) is 1. The molecule has 0 radical (unpaired) electrons. The summed E-state index contributed by atoms with van der Waals surface area (Å²) in [5.41, 5.74) is 1.68. The normalized spacial score (nSPS) is 17.0. The Hall–Kier alpha value is -3.77. The molecule has 3 N–H and O–H groups in total. The monoisotopic (exact) mass is 511 g/mol. The highest BCUT2D eigenvalue weighted by Crippen LogP contribution is 2.33. The van der Waals surface area contributed by atoms with Gasteiger partial charge in [0, 0.05) is 13.1 Å².